The van der Waals surface area contributed by atoms with Crippen molar-refractivity contribution in [3.8, 4) is 0 Å². The molecule has 0 saturated carbocycles. The van der Waals surface area contributed by atoms with Crippen molar-refractivity contribution in [2.45, 2.75) is 46.3 Å². The first-order chi connectivity index (χ1) is 8.66. The molecular weight excluding hydrogens is 369 g/mol. The van der Waals surface area contributed by atoms with Crippen molar-refractivity contribution in [1.82, 2.24) is 10.6 Å². The van der Waals surface area contributed by atoms with Crippen molar-refractivity contribution in [3.63, 3.8) is 0 Å². The Labute approximate surface area is 141 Å². The van der Waals surface area contributed by atoms with Gasteiger partial charge in [-0.25, -0.2) is 0 Å². The van der Waals surface area contributed by atoms with Crippen LogP contribution in [0.15, 0.2) is 4.99 Å². The van der Waals surface area contributed by atoms with Crippen molar-refractivity contribution in [1.29, 1.82) is 0 Å². The van der Waals surface area contributed by atoms with Gasteiger partial charge in [-0.15, -0.1) is 24.0 Å². The minimum absolute atomic E-state index is 0. The number of rotatable bonds is 6. The van der Waals surface area contributed by atoms with Gasteiger partial charge in [-0.3, -0.25) is 4.99 Å². The van der Waals surface area contributed by atoms with E-state index in [1.807, 2.05) is 13.8 Å². The Morgan fingerprint density at radius 3 is 2.00 bits per heavy atom. The molecule has 2 N–H and O–H groups in total. The molecule has 0 aliphatic rings. The summed E-state index contributed by atoms with van der Waals surface area (Å²) in [5.41, 5.74) is -0.130. The molecule has 0 bridgehead atoms. The molecule has 0 radical (unpaired) electrons. The second-order valence-electron chi connectivity index (χ2n) is 6.36. The van der Waals surface area contributed by atoms with Crippen molar-refractivity contribution in [3.05, 3.63) is 0 Å². The van der Waals surface area contributed by atoms with Crippen LogP contribution in [0.5, 0.6) is 0 Å². The van der Waals surface area contributed by atoms with Gasteiger partial charge in [-0.05, 0) is 19.3 Å². The van der Waals surface area contributed by atoms with E-state index in [4.69, 9.17) is 9.47 Å². The fourth-order valence-electron chi connectivity index (χ4n) is 1.52. The number of halogens is 1. The maximum atomic E-state index is 5.51. The van der Waals surface area contributed by atoms with Gasteiger partial charge in [0.2, 0.25) is 0 Å². The maximum Gasteiger partial charge on any atom is 0.191 e. The van der Waals surface area contributed by atoms with Crippen molar-refractivity contribution >= 4 is 29.9 Å². The van der Waals surface area contributed by atoms with Gasteiger partial charge in [0.1, 0.15) is 0 Å². The van der Waals surface area contributed by atoms with E-state index < -0.39 is 0 Å². The molecule has 0 aliphatic carbocycles. The molecule has 0 aliphatic heterocycles. The maximum absolute atomic E-state index is 5.51. The molecule has 0 aromatic rings. The van der Waals surface area contributed by atoms with E-state index in [-0.39, 0.29) is 41.1 Å². The van der Waals surface area contributed by atoms with Crippen molar-refractivity contribution in [2.75, 3.05) is 34.4 Å². The first-order valence-electron chi connectivity index (χ1n) is 6.68. The quantitative estimate of drug-likeness (QED) is 0.407. The zero-order valence-corrected chi connectivity index (χ0v) is 16.5. The second-order valence-corrected chi connectivity index (χ2v) is 6.36. The van der Waals surface area contributed by atoms with Crippen LogP contribution in [0.3, 0.4) is 0 Å². The SMILES string of the molecule is CN=C(NCC(OC)C(C)(C)C)NCC(C)(C)OC.I. The summed E-state index contributed by atoms with van der Waals surface area (Å²) in [5.74, 6) is 0.761. The van der Waals surface area contributed by atoms with E-state index in [0.29, 0.717) is 13.1 Å². The van der Waals surface area contributed by atoms with Crippen LogP contribution in [0.2, 0.25) is 0 Å². The highest BCUT2D eigenvalue weighted by molar-refractivity contribution is 14.0. The number of aliphatic imine (C=N–C) groups is 1. The van der Waals surface area contributed by atoms with E-state index in [1.165, 1.54) is 0 Å². The average molecular weight is 401 g/mol. The smallest absolute Gasteiger partial charge is 0.191 e. The van der Waals surface area contributed by atoms with Crippen LogP contribution in [0.25, 0.3) is 0 Å². The van der Waals surface area contributed by atoms with E-state index >= 15 is 0 Å². The van der Waals surface area contributed by atoms with Gasteiger partial charge in [-0.1, -0.05) is 20.8 Å². The summed E-state index contributed by atoms with van der Waals surface area (Å²) in [5, 5.41) is 6.53. The molecule has 0 aromatic carbocycles. The molecule has 0 spiro atoms. The highest BCUT2D eigenvalue weighted by Crippen LogP contribution is 2.20. The Hall–Kier alpha value is -0.0800. The number of guanidine groups is 1. The molecule has 0 heterocycles. The van der Waals surface area contributed by atoms with Gasteiger partial charge in [0.25, 0.3) is 0 Å². The molecule has 0 rings (SSSR count). The van der Waals surface area contributed by atoms with Crippen LogP contribution in [0, 0.1) is 5.41 Å². The van der Waals surface area contributed by atoms with Gasteiger partial charge >= 0.3 is 0 Å². The van der Waals surface area contributed by atoms with Crippen LogP contribution in [0.1, 0.15) is 34.6 Å². The van der Waals surface area contributed by atoms with Crippen LogP contribution >= 0.6 is 24.0 Å². The lowest BCUT2D eigenvalue weighted by molar-refractivity contribution is 0.0195. The first kappa shape index (κ1) is 22.2. The van der Waals surface area contributed by atoms with Crippen LogP contribution in [-0.2, 0) is 9.47 Å². The molecule has 0 fully saturated rings. The van der Waals surface area contributed by atoms with Gasteiger partial charge in [-0.2, -0.15) is 0 Å². The fourth-order valence-corrected chi connectivity index (χ4v) is 1.52. The average Bonchev–Trinajstić information content (AvgIpc) is 2.32. The normalized spacial score (nSPS) is 14.5. The lowest BCUT2D eigenvalue weighted by Crippen LogP contribution is -2.48. The van der Waals surface area contributed by atoms with E-state index in [9.17, 15) is 0 Å². The molecule has 5 nitrogen and oxygen atoms in total. The summed E-state index contributed by atoms with van der Waals surface area (Å²) in [7, 11) is 5.20. The third kappa shape index (κ3) is 8.97. The molecule has 1 unspecified atom stereocenters. The van der Waals surface area contributed by atoms with Gasteiger partial charge in [0.15, 0.2) is 5.96 Å². The number of ether oxygens (including phenoxy) is 2. The predicted molar refractivity (Wildman–Crippen MR) is 96.1 cm³/mol. The minimum atomic E-state index is -0.220. The zero-order valence-electron chi connectivity index (χ0n) is 14.2. The minimum Gasteiger partial charge on any atom is -0.379 e. The van der Waals surface area contributed by atoms with Crippen LogP contribution < -0.4 is 10.6 Å². The Bertz CT molecular complexity index is 289. The standard InChI is InChI=1S/C14H31N3O2.HI/c1-13(2,3)11(18-7)9-16-12(15-6)17-10-14(4,5)19-8;/h11H,9-10H2,1-8H3,(H2,15,16,17);1H. The predicted octanol–water partition coefficient (Wildman–Crippen LogP) is 2.26. The van der Waals surface area contributed by atoms with Gasteiger partial charge < -0.3 is 20.1 Å². The largest absolute Gasteiger partial charge is 0.379 e. The molecule has 0 amide bonds. The summed E-state index contributed by atoms with van der Waals surface area (Å²) in [6.45, 7) is 11.9. The van der Waals surface area contributed by atoms with Gasteiger partial charge in [0, 0.05) is 34.4 Å². The summed E-state index contributed by atoms with van der Waals surface area (Å²) in [4.78, 5) is 4.20. The Morgan fingerprint density at radius 2 is 1.65 bits per heavy atom. The van der Waals surface area contributed by atoms with Crippen molar-refractivity contribution in [2.24, 2.45) is 10.4 Å². The lowest BCUT2D eigenvalue weighted by atomic mass is 9.89. The molecule has 0 aromatic heterocycles. The van der Waals surface area contributed by atoms with E-state index in [2.05, 4.69) is 36.4 Å². The zero-order chi connectivity index (χ0) is 15.1. The Balaban J connectivity index is 0. The van der Waals surface area contributed by atoms with E-state index in [1.54, 1.807) is 21.3 Å². The molecule has 1 atom stereocenters. The summed E-state index contributed by atoms with van der Waals surface area (Å²) >= 11 is 0. The summed E-state index contributed by atoms with van der Waals surface area (Å²) < 4.78 is 10.9. The monoisotopic (exact) mass is 401 g/mol. The molecule has 20 heavy (non-hydrogen) atoms. The summed E-state index contributed by atoms with van der Waals surface area (Å²) in [6.07, 6.45) is 0.126. The number of nitrogens with zero attached hydrogens (tertiary/aromatic N) is 1. The first-order valence-corrected chi connectivity index (χ1v) is 6.68. The van der Waals surface area contributed by atoms with Gasteiger partial charge in [0.05, 0.1) is 11.7 Å². The topological polar surface area (TPSA) is 54.9 Å². The third-order valence-electron chi connectivity index (χ3n) is 3.16. The van der Waals surface area contributed by atoms with Crippen LogP contribution in [-0.4, -0.2) is 52.0 Å². The number of nitrogens with one attached hydrogen (secondary N) is 2. The second kappa shape index (κ2) is 9.78. The number of hydrogen-bond donors (Lipinski definition) is 2. The molecule has 6 heteroatoms. The number of methoxy groups -OCH3 is 2. The van der Waals surface area contributed by atoms with Crippen LogP contribution in [0.4, 0.5) is 0 Å². The Kier molecular flexibility index (Phi) is 10.9. The number of hydrogen-bond acceptors (Lipinski definition) is 3. The highest BCUT2D eigenvalue weighted by Gasteiger charge is 2.24. The molecule has 0 saturated heterocycles. The van der Waals surface area contributed by atoms with Crippen molar-refractivity contribution < 1.29 is 9.47 Å². The highest BCUT2D eigenvalue weighted by atomic mass is 127. The molecule has 122 valence electrons. The summed E-state index contributed by atoms with van der Waals surface area (Å²) in [6, 6.07) is 0. The fraction of sp³-hybridized carbons (Fsp3) is 0.929. The van der Waals surface area contributed by atoms with E-state index in [0.717, 1.165) is 5.96 Å². The third-order valence-corrected chi connectivity index (χ3v) is 3.16. The lowest BCUT2D eigenvalue weighted by Gasteiger charge is -2.30. The molecular formula is C14H32IN3O2. The Morgan fingerprint density at radius 1 is 1.10 bits per heavy atom.